The molecule has 0 fully saturated rings. The molecule has 0 aliphatic heterocycles. The summed E-state index contributed by atoms with van der Waals surface area (Å²) in [4.78, 5) is 19.8. The molecule has 0 aliphatic rings. The van der Waals surface area contributed by atoms with Crippen LogP contribution in [-0.4, -0.2) is 9.79 Å². The molecule has 3 rings (SSSR count). The maximum Gasteiger partial charge on any atom is 0.356 e. The lowest BCUT2D eigenvalue weighted by Gasteiger charge is -2.15. The van der Waals surface area contributed by atoms with Crippen LogP contribution in [0.5, 0.6) is 0 Å². The maximum atomic E-state index is 12.1. The zero-order valence-electron chi connectivity index (χ0n) is 18.1. The molecule has 0 amide bonds. The van der Waals surface area contributed by atoms with Crippen LogP contribution in [0.25, 0.3) is 21.5 Å². The average molecular weight is 427 g/mol. The van der Waals surface area contributed by atoms with Crippen LogP contribution < -0.4 is 5.30 Å². The third-order valence-corrected chi connectivity index (χ3v) is 7.11. The van der Waals surface area contributed by atoms with Gasteiger partial charge in [0.15, 0.2) is 0 Å². The fourth-order valence-corrected chi connectivity index (χ4v) is 5.24. The van der Waals surface area contributed by atoms with E-state index in [1.54, 1.807) is 6.07 Å². The van der Waals surface area contributed by atoms with Crippen molar-refractivity contribution in [3.05, 3.63) is 54.1 Å². The van der Waals surface area contributed by atoms with E-state index in [0.717, 1.165) is 39.9 Å². The highest BCUT2D eigenvalue weighted by atomic mass is 31.2. The zero-order chi connectivity index (χ0) is 21.4. The summed E-state index contributed by atoms with van der Waals surface area (Å²) in [5, 5.41) is 4.48. The lowest BCUT2D eigenvalue weighted by molar-refractivity contribution is 0.387. The van der Waals surface area contributed by atoms with Crippen molar-refractivity contribution in [2.24, 2.45) is 0 Å². The summed E-state index contributed by atoms with van der Waals surface area (Å²) in [6.45, 7) is 2.25. The molecule has 4 heteroatoms. The third kappa shape index (κ3) is 6.17. The van der Waals surface area contributed by atoms with Gasteiger partial charge >= 0.3 is 7.60 Å². The number of aryl methyl sites for hydroxylation is 1. The molecule has 3 nitrogen and oxygen atoms in total. The summed E-state index contributed by atoms with van der Waals surface area (Å²) >= 11 is 0. The van der Waals surface area contributed by atoms with Gasteiger partial charge in [-0.3, -0.25) is 4.57 Å². The molecule has 162 valence electrons. The van der Waals surface area contributed by atoms with E-state index in [0.29, 0.717) is 6.42 Å². The topological polar surface area (TPSA) is 57.5 Å². The van der Waals surface area contributed by atoms with Gasteiger partial charge in [0.2, 0.25) is 0 Å². The van der Waals surface area contributed by atoms with Crippen molar-refractivity contribution >= 4 is 34.4 Å². The summed E-state index contributed by atoms with van der Waals surface area (Å²) in [7, 11) is -4.30. The molecular weight excluding hydrogens is 391 g/mol. The van der Waals surface area contributed by atoms with Gasteiger partial charge < -0.3 is 9.79 Å². The molecule has 30 heavy (non-hydrogen) atoms. The first-order chi connectivity index (χ1) is 14.5. The fraction of sp³-hybridized carbons (Fsp3) is 0.462. The van der Waals surface area contributed by atoms with Crippen LogP contribution in [-0.2, 0) is 11.0 Å². The summed E-state index contributed by atoms with van der Waals surface area (Å²) in [5.74, 6) is 0. The minimum absolute atomic E-state index is 0.196. The first-order valence-corrected chi connectivity index (χ1v) is 13.1. The number of unbranched alkanes of at least 4 members (excludes halogenated alkanes) is 9. The van der Waals surface area contributed by atoms with Crippen molar-refractivity contribution in [1.82, 2.24) is 0 Å². The normalized spacial score (nSPS) is 12.1. The fourth-order valence-electron chi connectivity index (χ4n) is 4.39. The minimum Gasteiger partial charge on any atom is -0.321 e. The Morgan fingerprint density at radius 2 is 1.27 bits per heavy atom. The number of fused-ring (bicyclic) bond motifs is 2. The van der Waals surface area contributed by atoms with Crippen molar-refractivity contribution in [3.63, 3.8) is 0 Å². The summed E-state index contributed by atoms with van der Waals surface area (Å²) in [6.07, 6.45) is 13.2. The van der Waals surface area contributed by atoms with Gasteiger partial charge in [-0.1, -0.05) is 95.0 Å². The van der Waals surface area contributed by atoms with Gasteiger partial charge in [-0.25, -0.2) is 0 Å². The van der Waals surface area contributed by atoms with Crippen molar-refractivity contribution < 1.29 is 14.4 Å². The van der Waals surface area contributed by atoms with Crippen molar-refractivity contribution in [1.29, 1.82) is 0 Å². The van der Waals surface area contributed by atoms with Crippen LogP contribution >= 0.6 is 7.60 Å². The predicted octanol–water partition coefficient (Wildman–Crippen LogP) is 7.26. The Bertz CT molecular complexity index is 1010. The van der Waals surface area contributed by atoms with Crippen LogP contribution in [0.1, 0.15) is 76.7 Å². The lowest BCUT2D eigenvalue weighted by Crippen LogP contribution is -2.12. The first-order valence-electron chi connectivity index (χ1n) is 11.5. The van der Waals surface area contributed by atoms with Crippen molar-refractivity contribution in [2.45, 2.75) is 77.6 Å². The first kappa shape index (κ1) is 23.0. The number of benzene rings is 3. The number of hydrogen-bond acceptors (Lipinski definition) is 1. The Morgan fingerprint density at radius 3 is 1.87 bits per heavy atom. The highest BCUT2D eigenvalue weighted by molar-refractivity contribution is 7.60. The number of rotatable bonds is 12. The summed E-state index contributed by atoms with van der Waals surface area (Å²) in [5.41, 5.74) is 0.825. The SMILES string of the molecule is CCCCCCCCCCCCc1c(P(=O)(O)O)ccc2cc3ccccc3cc12. The molecule has 0 saturated heterocycles. The van der Waals surface area contributed by atoms with Gasteiger partial charge in [0.25, 0.3) is 0 Å². The molecule has 2 N–H and O–H groups in total. The highest BCUT2D eigenvalue weighted by Gasteiger charge is 2.23. The molecule has 0 unspecified atom stereocenters. The van der Waals surface area contributed by atoms with E-state index >= 15 is 0 Å². The van der Waals surface area contributed by atoms with E-state index in [4.69, 9.17) is 0 Å². The van der Waals surface area contributed by atoms with Crippen LogP contribution in [0.4, 0.5) is 0 Å². The second-order valence-corrected chi connectivity index (χ2v) is 10.0. The molecule has 0 aromatic heterocycles. The Labute approximate surface area is 180 Å². The molecular formula is C26H35O3P. The molecule has 0 radical (unpaired) electrons. The Morgan fingerprint density at radius 1 is 0.700 bits per heavy atom. The van der Waals surface area contributed by atoms with Gasteiger partial charge in [-0.2, -0.15) is 0 Å². The average Bonchev–Trinajstić information content (AvgIpc) is 2.72. The maximum absolute atomic E-state index is 12.1. The summed E-state index contributed by atoms with van der Waals surface area (Å²) in [6, 6.07) is 15.8. The molecule has 0 saturated carbocycles. The molecule has 0 spiro atoms. The van der Waals surface area contributed by atoms with Gasteiger partial charge in [-0.15, -0.1) is 0 Å². The lowest BCUT2D eigenvalue weighted by atomic mass is 9.96. The second kappa shape index (κ2) is 11.1. The molecule has 0 aliphatic carbocycles. The largest absolute Gasteiger partial charge is 0.356 e. The molecule has 0 atom stereocenters. The van der Waals surface area contributed by atoms with Crippen molar-refractivity contribution in [2.75, 3.05) is 0 Å². The van der Waals surface area contributed by atoms with Gasteiger partial charge in [0.05, 0.1) is 5.30 Å². The highest BCUT2D eigenvalue weighted by Crippen LogP contribution is 2.38. The molecule has 0 bridgehead atoms. The quantitative estimate of drug-likeness (QED) is 0.182. The zero-order valence-corrected chi connectivity index (χ0v) is 19.0. The van der Waals surface area contributed by atoms with E-state index in [1.165, 1.54) is 51.4 Å². The summed E-state index contributed by atoms with van der Waals surface area (Å²) < 4.78 is 12.1. The molecule has 0 heterocycles. The van der Waals surface area contributed by atoms with Gasteiger partial charge in [0.1, 0.15) is 0 Å². The molecule has 3 aromatic carbocycles. The van der Waals surface area contributed by atoms with Gasteiger partial charge in [0, 0.05) is 0 Å². The minimum atomic E-state index is -4.30. The number of hydrogen-bond donors (Lipinski definition) is 2. The van der Waals surface area contributed by atoms with Gasteiger partial charge in [-0.05, 0) is 58.1 Å². The van der Waals surface area contributed by atoms with E-state index in [-0.39, 0.29) is 5.30 Å². The van der Waals surface area contributed by atoms with E-state index in [2.05, 4.69) is 31.2 Å². The van der Waals surface area contributed by atoms with Crippen LogP contribution in [0.3, 0.4) is 0 Å². The Kier molecular flexibility index (Phi) is 8.50. The second-order valence-electron chi connectivity index (χ2n) is 8.46. The third-order valence-electron chi connectivity index (χ3n) is 6.07. The van der Waals surface area contributed by atoms with Crippen LogP contribution in [0.15, 0.2) is 48.5 Å². The van der Waals surface area contributed by atoms with Crippen molar-refractivity contribution in [3.8, 4) is 0 Å². The predicted molar refractivity (Wildman–Crippen MR) is 129 cm³/mol. The Hall–Kier alpha value is -1.67. The Balaban J connectivity index is 1.67. The smallest absolute Gasteiger partial charge is 0.321 e. The van der Waals surface area contributed by atoms with E-state index in [9.17, 15) is 14.4 Å². The monoisotopic (exact) mass is 426 g/mol. The van der Waals surface area contributed by atoms with E-state index in [1.807, 2.05) is 18.2 Å². The standard InChI is InChI=1S/C26H35O3P/c1-2-3-4-5-6-7-8-9-10-11-16-24-25-20-22-15-13-12-14-21(22)19-23(25)17-18-26(24)30(27,28)29/h12-15,17-20H,2-11,16H2,1H3,(H2,27,28,29). The molecule has 3 aromatic rings. The van der Waals surface area contributed by atoms with E-state index < -0.39 is 7.60 Å². The van der Waals surface area contributed by atoms with Crippen LogP contribution in [0, 0.1) is 0 Å². The van der Waals surface area contributed by atoms with Crippen LogP contribution in [0.2, 0.25) is 0 Å².